The van der Waals surface area contributed by atoms with Crippen molar-refractivity contribution in [2.75, 3.05) is 0 Å². The van der Waals surface area contributed by atoms with E-state index in [4.69, 9.17) is 0 Å². The Labute approximate surface area is 114 Å². The third-order valence-electron chi connectivity index (χ3n) is 2.69. The normalized spacial score (nSPS) is 12.4. The molecule has 1 aromatic carbocycles. The van der Waals surface area contributed by atoms with Crippen molar-refractivity contribution in [2.45, 2.75) is 19.4 Å². The summed E-state index contributed by atoms with van der Waals surface area (Å²) in [6.45, 7) is 1.95. The summed E-state index contributed by atoms with van der Waals surface area (Å²) in [6.07, 6.45) is 1.14. The zero-order valence-electron chi connectivity index (χ0n) is 9.90. The van der Waals surface area contributed by atoms with Crippen molar-refractivity contribution in [2.24, 2.45) is 0 Å². The standard InChI is InChI=1S/C14H13BrFNO/c1-9-2-4-11(17-8-9)7-14(18)12-6-10(15)3-5-13(12)16/h2-6,8,14,18H,7H2,1H3. The van der Waals surface area contributed by atoms with E-state index < -0.39 is 11.9 Å². The van der Waals surface area contributed by atoms with E-state index >= 15 is 0 Å². The number of nitrogens with zero attached hydrogens (tertiary/aromatic N) is 1. The molecule has 94 valence electrons. The second kappa shape index (κ2) is 5.59. The lowest BCUT2D eigenvalue weighted by molar-refractivity contribution is 0.172. The largest absolute Gasteiger partial charge is 0.388 e. The third-order valence-corrected chi connectivity index (χ3v) is 3.19. The van der Waals surface area contributed by atoms with Gasteiger partial charge in [-0.15, -0.1) is 0 Å². The minimum absolute atomic E-state index is 0.284. The van der Waals surface area contributed by atoms with Crippen LogP contribution < -0.4 is 0 Å². The molecule has 2 nitrogen and oxygen atoms in total. The van der Waals surface area contributed by atoms with E-state index in [0.717, 1.165) is 15.7 Å². The molecule has 0 aliphatic carbocycles. The fraction of sp³-hybridized carbons (Fsp3) is 0.214. The zero-order valence-corrected chi connectivity index (χ0v) is 11.5. The van der Waals surface area contributed by atoms with E-state index in [-0.39, 0.29) is 5.56 Å². The summed E-state index contributed by atoms with van der Waals surface area (Å²) in [5.74, 6) is -0.405. The van der Waals surface area contributed by atoms with Crippen LogP contribution >= 0.6 is 15.9 Å². The Morgan fingerprint density at radius 2 is 2.11 bits per heavy atom. The number of aromatic nitrogens is 1. The van der Waals surface area contributed by atoms with Gasteiger partial charge in [-0.3, -0.25) is 4.98 Å². The van der Waals surface area contributed by atoms with Gasteiger partial charge in [-0.1, -0.05) is 22.0 Å². The van der Waals surface area contributed by atoms with Gasteiger partial charge in [-0.2, -0.15) is 0 Å². The minimum Gasteiger partial charge on any atom is -0.388 e. The van der Waals surface area contributed by atoms with Crippen LogP contribution in [-0.4, -0.2) is 10.1 Å². The van der Waals surface area contributed by atoms with Gasteiger partial charge in [0.05, 0.1) is 6.10 Å². The Morgan fingerprint density at radius 1 is 1.33 bits per heavy atom. The van der Waals surface area contributed by atoms with Crippen molar-refractivity contribution in [1.29, 1.82) is 0 Å². The first-order valence-corrected chi connectivity index (χ1v) is 6.40. The van der Waals surface area contributed by atoms with Gasteiger partial charge in [0.15, 0.2) is 0 Å². The highest BCUT2D eigenvalue weighted by Gasteiger charge is 2.14. The van der Waals surface area contributed by atoms with E-state index in [0.29, 0.717) is 6.42 Å². The molecule has 0 radical (unpaired) electrons. The van der Waals surface area contributed by atoms with Crippen molar-refractivity contribution in [3.05, 3.63) is 63.6 Å². The molecule has 0 amide bonds. The Morgan fingerprint density at radius 3 is 2.78 bits per heavy atom. The molecular weight excluding hydrogens is 297 g/mol. The molecule has 1 unspecified atom stereocenters. The Kier molecular flexibility index (Phi) is 4.09. The molecule has 1 heterocycles. The zero-order chi connectivity index (χ0) is 13.1. The van der Waals surface area contributed by atoms with Crippen LogP contribution in [0.1, 0.15) is 22.9 Å². The second-order valence-electron chi connectivity index (χ2n) is 4.21. The van der Waals surface area contributed by atoms with Crippen LogP contribution in [0.5, 0.6) is 0 Å². The van der Waals surface area contributed by atoms with Gasteiger partial charge in [-0.25, -0.2) is 4.39 Å². The molecule has 4 heteroatoms. The average molecular weight is 310 g/mol. The predicted molar refractivity (Wildman–Crippen MR) is 71.7 cm³/mol. The summed E-state index contributed by atoms with van der Waals surface area (Å²) in [5, 5.41) is 10.0. The lowest BCUT2D eigenvalue weighted by Gasteiger charge is -2.12. The smallest absolute Gasteiger partial charge is 0.129 e. The van der Waals surface area contributed by atoms with Gasteiger partial charge in [0.1, 0.15) is 5.82 Å². The van der Waals surface area contributed by atoms with Crippen molar-refractivity contribution < 1.29 is 9.50 Å². The summed E-state index contributed by atoms with van der Waals surface area (Å²) in [6, 6.07) is 8.30. The summed E-state index contributed by atoms with van der Waals surface area (Å²) in [4.78, 5) is 4.20. The van der Waals surface area contributed by atoms with Crippen molar-refractivity contribution in [1.82, 2.24) is 4.98 Å². The number of aliphatic hydroxyl groups is 1. The molecule has 0 spiro atoms. The maximum absolute atomic E-state index is 13.6. The SMILES string of the molecule is Cc1ccc(CC(O)c2cc(Br)ccc2F)nc1. The molecule has 0 saturated heterocycles. The molecule has 0 aliphatic heterocycles. The summed E-state index contributed by atoms with van der Waals surface area (Å²) in [7, 11) is 0. The van der Waals surface area contributed by atoms with E-state index in [1.54, 1.807) is 18.3 Å². The molecule has 1 aromatic heterocycles. The first-order chi connectivity index (χ1) is 8.56. The lowest BCUT2D eigenvalue weighted by atomic mass is 10.0. The number of halogens is 2. The molecule has 18 heavy (non-hydrogen) atoms. The molecule has 1 atom stereocenters. The van der Waals surface area contributed by atoms with Crippen LogP contribution in [-0.2, 0) is 6.42 Å². The molecular formula is C14H13BrFNO. The second-order valence-corrected chi connectivity index (χ2v) is 5.13. The fourth-order valence-corrected chi connectivity index (χ4v) is 2.08. The van der Waals surface area contributed by atoms with Crippen LogP contribution in [0.15, 0.2) is 41.0 Å². The van der Waals surface area contributed by atoms with Crippen LogP contribution in [0.4, 0.5) is 4.39 Å². The highest BCUT2D eigenvalue weighted by molar-refractivity contribution is 9.10. The summed E-state index contributed by atoms with van der Waals surface area (Å²) in [5.41, 5.74) is 2.08. The molecule has 2 rings (SSSR count). The van der Waals surface area contributed by atoms with Gasteiger partial charge in [0.2, 0.25) is 0 Å². The van der Waals surface area contributed by atoms with Crippen LogP contribution in [0, 0.1) is 12.7 Å². The van der Waals surface area contributed by atoms with E-state index in [1.807, 2.05) is 19.1 Å². The van der Waals surface area contributed by atoms with E-state index in [1.165, 1.54) is 6.07 Å². The number of aryl methyl sites for hydroxylation is 1. The Bertz CT molecular complexity index is 542. The van der Waals surface area contributed by atoms with Gasteiger partial charge in [0.25, 0.3) is 0 Å². The first-order valence-electron chi connectivity index (χ1n) is 5.61. The monoisotopic (exact) mass is 309 g/mol. The van der Waals surface area contributed by atoms with Gasteiger partial charge in [-0.05, 0) is 36.8 Å². The molecule has 0 fully saturated rings. The highest BCUT2D eigenvalue weighted by Crippen LogP contribution is 2.24. The van der Waals surface area contributed by atoms with Crippen molar-refractivity contribution >= 4 is 15.9 Å². The number of hydrogen-bond donors (Lipinski definition) is 1. The van der Waals surface area contributed by atoms with Crippen LogP contribution in [0.25, 0.3) is 0 Å². The summed E-state index contributed by atoms with van der Waals surface area (Å²) >= 11 is 3.27. The Hall–Kier alpha value is -1.26. The molecule has 0 saturated carbocycles. The topological polar surface area (TPSA) is 33.1 Å². The van der Waals surface area contributed by atoms with Gasteiger partial charge in [0, 0.05) is 28.3 Å². The van der Waals surface area contributed by atoms with Crippen LogP contribution in [0.2, 0.25) is 0 Å². The average Bonchev–Trinajstić information content (AvgIpc) is 2.35. The maximum atomic E-state index is 13.6. The lowest BCUT2D eigenvalue weighted by Crippen LogP contribution is -2.05. The van der Waals surface area contributed by atoms with Crippen LogP contribution in [0.3, 0.4) is 0 Å². The first kappa shape index (κ1) is 13.2. The molecule has 2 aromatic rings. The number of rotatable bonds is 3. The maximum Gasteiger partial charge on any atom is 0.129 e. The molecule has 0 bridgehead atoms. The van der Waals surface area contributed by atoms with E-state index in [2.05, 4.69) is 20.9 Å². The Balaban J connectivity index is 2.18. The molecule has 0 aliphatic rings. The minimum atomic E-state index is -0.891. The highest BCUT2D eigenvalue weighted by atomic mass is 79.9. The number of hydrogen-bond acceptors (Lipinski definition) is 2. The fourth-order valence-electron chi connectivity index (χ4n) is 1.70. The number of pyridine rings is 1. The van der Waals surface area contributed by atoms with Gasteiger partial charge < -0.3 is 5.11 Å². The quantitative estimate of drug-likeness (QED) is 0.940. The number of aliphatic hydroxyl groups excluding tert-OH is 1. The van der Waals surface area contributed by atoms with Crippen molar-refractivity contribution in [3.8, 4) is 0 Å². The molecule has 1 N–H and O–H groups in total. The van der Waals surface area contributed by atoms with Crippen molar-refractivity contribution in [3.63, 3.8) is 0 Å². The van der Waals surface area contributed by atoms with Gasteiger partial charge >= 0.3 is 0 Å². The van der Waals surface area contributed by atoms with E-state index in [9.17, 15) is 9.50 Å². The summed E-state index contributed by atoms with van der Waals surface area (Å²) < 4.78 is 14.3. The third kappa shape index (κ3) is 3.15. The number of benzene rings is 1. The predicted octanol–water partition coefficient (Wildman–Crippen LogP) is 3.57.